The summed E-state index contributed by atoms with van der Waals surface area (Å²) in [5, 5.41) is 3.50. The van der Waals surface area contributed by atoms with Crippen LogP contribution >= 0.6 is 0 Å². The first kappa shape index (κ1) is 12.3. The summed E-state index contributed by atoms with van der Waals surface area (Å²) in [5.41, 5.74) is 0. The third kappa shape index (κ3) is 3.72. The lowest BCUT2D eigenvalue weighted by molar-refractivity contribution is -0.00142. The van der Waals surface area contributed by atoms with Crippen LogP contribution in [0.3, 0.4) is 0 Å². The molecule has 16 heavy (non-hydrogen) atoms. The van der Waals surface area contributed by atoms with E-state index in [1.54, 1.807) is 0 Å². The molecule has 0 aromatic rings. The lowest BCUT2D eigenvalue weighted by atomic mass is 9.94. The van der Waals surface area contributed by atoms with Crippen LogP contribution in [-0.2, 0) is 4.74 Å². The van der Waals surface area contributed by atoms with Gasteiger partial charge in [-0.05, 0) is 58.2 Å². The predicted molar refractivity (Wildman–Crippen MR) is 66.7 cm³/mol. The molecule has 0 saturated carbocycles. The lowest BCUT2D eigenvalue weighted by Gasteiger charge is -2.33. The van der Waals surface area contributed by atoms with Crippen molar-refractivity contribution >= 4 is 0 Å². The van der Waals surface area contributed by atoms with Gasteiger partial charge >= 0.3 is 0 Å². The largest absolute Gasteiger partial charge is 0.379 e. The number of ether oxygens (including phenoxy) is 1. The zero-order valence-corrected chi connectivity index (χ0v) is 10.6. The fraction of sp³-hybridized carbons (Fsp3) is 1.00. The summed E-state index contributed by atoms with van der Waals surface area (Å²) in [6.45, 7) is 9.00. The summed E-state index contributed by atoms with van der Waals surface area (Å²) in [6, 6.07) is 0.623. The molecular formula is C13H26N2O. The summed E-state index contributed by atoms with van der Waals surface area (Å²) in [7, 11) is 0. The molecule has 2 aliphatic rings. The Morgan fingerprint density at radius 2 is 2.38 bits per heavy atom. The number of morpholine rings is 1. The van der Waals surface area contributed by atoms with Crippen molar-refractivity contribution in [3.8, 4) is 0 Å². The molecule has 1 N–H and O–H groups in total. The Kier molecular flexibility index (Phi) is 5.07. The van der Waals surface area contributed by atoms with Crippen LogP contribution < -0.4 is 5.32 Å². The van der Waals surface area contributed by atoms with Gasteiger partial charge in [0.15, 0.2) is 0 Å². The molecule has 94 valence electrons. The molecule has 0 amide bonds. The molecule has 0 radical (unpaired) electrons. The van der Waals surface area contributed by atoms with E-state index in [9.17, 15) is 0 Å². The number of nitrogens with zero attached hydrogens (tertiary/aromatic N) is 1. The van der Waals surface area contributed by atoms with Gasteiger partial charge in [0.25, 0.3) is 0 Å². The van der Waals surface area contributed by atoms with Crippen LogP contribution in [0.1, 0.15) is 32.6 Å². The van der Waals surface area contributed by atoms with Crippen LogP contribution in [0.4, 0.5) is 0 Å². The van der Waals surface area contributed by atoms with Crippen LogP contribution in [0.15, 0.2) is 0 Å². The second-order valence-electron chi connectivity index (χ2n) is 5.31. The van der Waals surface area contributed by atoms with E-state index in [0.717, 1.165) is 25.7 Å². The van der Waals surface area contributed by atoms with Crippen molar-refractivity contribution in [1.82, 2.24) is 10.2 Å². The van der Waals surface area contributed by atoms with Crippen molar-refractivity contribution in [3.63, 3.8) is 0 Å². The molecule has 0 aliphatic carbocycles. The van der Waals surface area contributed by atoms with Crippen LogP contribution in [-0.4, -0.2) is 50.3 Å². The van der Waals surface area contributed by atoms with Crippen molar-refractivity contribution in [2.75, 3.05) is 39.4 Å². The van der Waals surface area contributed by atoms with Gasteiger partial charge in [-0.25, -0.2) is 0 Å². The first-order valence-electron chi connectivity index (χ1n) is 6.89. The fourth-order valence-corrected chi connectivity index (χ4v) is 2.85. The second-order valence-corrected chi connectivity index (χ2v) is 5.31. The highest BCUT2D eigenvalue weighted by atomic mass is 16.5. The van der Waals surface area contributed by atoms with Crippen molar-refractivity contribution < 1.29 is 4.74 Å². The molecule has 0 bridgehead atoms. The Bertz CT molecular complexity index is 192. The number of hydrogen-bond acceptors (Lipinski definition) is 3. The van der Waals surface area contributed by atoms with Crippen LogP contribution in [0.25, 0.3) is 0 Å². The molecule has 0 spiro atoms. The number of piperidine rings is 1. The second kappa shape index (κ2) is 6.58. The van der Waals surface area contributed by atoms with Gasteiger partial charge in [-0.1, -0.05) is 0 Å². The van der Waals surface area contributed by atoms with E-state index < -0.39 is 0 Å². The highest BCUT2D eigenvalue weighted by molar-refractivity contribution is 4.73. The Labute approximate surface area is 99.5 Å². The third-order valence-electron chi connectivity index (χ3n) is 3.96. The quantitative estimate of drug-likeness (QED) is 0.786. The van der Waals surface area contributed by atoms with Crippen molar-refractivity contribution in [2.24, 2.45) is 5.92 Å². The fourth-order valence-electron chi connectivity index (χ4n) is 2.85. The molecule has 2 unspecified atom stereocenters. The summed E-state index contributed by atoms with van der Waals surface area (Å²) in [6.07, 6.45) is 5.57. The van der Waals surface area contributed by atoms with Gasteiger partial charge < -0.3 is 10.1 Å². The molecule has 3 heteroatoms. The van der Waals surface area contributed by atoms with E-state index in [1.807, 2.05) is 0 Å². The number of rotatable bonds is 4. The maximum atomic E-state index is 5.46. The molecular weight excluding hydrogens is 200 g/mol. The first-order chi connectivity index (χ1) is 7.86. The Morgan fingerprint density at radius 1 is 1.44 bits per heavy atom. The summed E-state index contributed by atoms with van der Waals surface area (Å²) >= 11 is 0. The molecule has 2 atom stereocenters. The van der Waals surface area contributed by atoms with Gasteiger partial charge in [-0.3, -0.25) is 4.90 Å². The van der Waals surface area contributed by atoms with E-state index in [4.69, 9.17) is 4.74 Å². The van der Waals surface area contributed by atoms with Crippen LogP contribution in [0, 0.1) is 5.92 Å². The minimum atomic E-state index is 0.623. The number of nitrogens with one attached hydrogen (secondary N) is 1. The summed E-state index contributed by atoms with van der Waals surface area (Å²) < 4.78 is 5.46. The van der Waals surface area contributed by atoms with Gasteiger partial charge in [0.05, 0.1) is 13.2 Å². The highest BCUT2D eigenvalue weighted by Gasteiger charge is 2.19. The van der Waals surface area contributed by atoms with E-state index in [1.165, 1.54) is 45.3 Å². The minimum Gasteiger partial charge on any atom is -0.379 e. The molecule has 2 heterocycles. The van der Waals surface area contributed by atoms with Crippen molar-refractivity contribution in [2.45, 2.75) is 38.6 Å². The van der Waals surface area contributed by atoms with Gasteiger partial charge in [-0.2, -0.15) is 0 Å². The predicted octanol–water partition coefficient (Wildman–Crippen LogP) is 1.49. The Morgan fingerprint density at radius 3 is 3.12 bits per heavy atom. The standard InChI is InChI=1S/C13H26N2O/c1-12-11-16-9-8-15(12)7-3-5-13-4-2-6-14-10-13/h12-14H,2-11H2,1H3. The lowest BCUT2D eigenvalue weighted by Crippen LogP contribution is -2.44. The average Bonchev–Trinajstić information content (AvgIpc) is 2.33. The molecule has 2 rings (SSSR count). The zero-order valence-electron chi connectivity index (χ0n) is 10.6. The summed E-state index contributed by atoms with van der Waals surface area (Å²) in [5.74, 6) is 0.935. The molecule has 2 saturated heterocycles. The van der Waals surface area contributed by atoms with Crippen molar-refractivity contribution in [3.05, 3.63) is 0 Å². The minimum absolute atomic E-state index is 0.623. The maximum Gasteiger partial charge on any atom is 0.0619 e. The van der Waals surface area contributed by atoms with Gasteiger partial charge in [0.2, 0.25) is 0 Å². The maximum absolute atomic E-state index is 5.46. The summed E-state index contributed by atoms with van der Waals surface area (Å²) in [4.78, 5) is 2.58. The Hall–Kier alpha value is -0.120. The van der Waals surface area contributed by atoms with Gasteiger partial charge in [-0.15, -0.1) is 0 Å². The van der Waals surface area contributed by atoms with Gasteiger partial charge in [0, 0.05) is 12.6 Å². The van der Waals surface area contributed by atoms with E-state index in [0.29, 0.717) is 6.04 Å². The average molecular weight is 226 g/mol. The van der Waals surface area contributed by atoms with Crippen molar-refractivity contribution in [1.29, 1.82) is 0 Å². The molecule has 2 aliphatic heterocycles. The SMILES string of the molecule is CC1COCCN1CCCC1CCCNC1. The van der Waals surface area contributed by atoms with E-state index in [-0.39, 0.29) is 0 Å². The normalized spacial score (nSPS) is 32.8. The molecule has 2 fully saturated rings. The van der Waals surface area contributed by atoms with E-state index >= 15 is 0 Å². The monoisotopic (exact) mass is 226 g/mol. The van der Waals surface area contributed by atoms with Crippen LogP contribution in [0.5, 0.6) is 0 Å². The Balaban J connectivity index is 1.59. The van der Waals surface area contributed by atoms with Gasteiger partial charge in [0.1, 0.15) is 0 Å². The van der Waals surface area contributed by atoms with Crippen LogP contribution in [0.2, 0.25) is 0 Å². The first-order valence-corrected chi connectivity index (χ1v) is 6.89. The molecule has 3 nitrogen and oxygen atoms in total. The van der Waals surface area contributed by atoms with E-state index in [2.05, 4.69) is 17.1 Å². The third-order valence-corrected chi connectivity index (χ3v) is 3.96. The zero-order chi connectivity index (χ0) is 11.2. The smallest absolute Gasteiger partial charge is 0.0619 e. The molecule has 0 aromatic carbocycles. The molecule has 0 aromatic heterocycles. The number of hydrogen-bond donors (Lipinski definition) is 1. The highest BCUT2D eigenvalue weighted by Crippen LogP contribution is 2.17. The topological polar surface area (TPSA) is 24.5 Å².